The van der Waals surface area contributed by atoms with Gasteiger partial charge in [-0.1, -0.05) is 30.3 Å². The average Bonchev–Trinajstić information content (AvgIpc) is 3.62. The highest BCUT2D eigenvalue weighted by Crippen LogP contribution is 2.38. The minimum Gasteiger partial charge on any atom is -0.497 e. The molecule has 1 fully saturated rings. The van der Waals surface area contributed by atoms with E-state index in [2.05, 4.69) is 4.98 Å². The van der Waals surface area contributed by atoms with Gasteiger partial charge in [-0.05, 0) is 73.9 Å². The Morgan fingerprint density at radius 1 is 0.902 bits per heavy atom. The van der Waals surface area contributed by atoms with Gasteiger partial charge >= 0.3 is 12.1 Å². The molecule has 0 bridgehead atoms. The number of amides is 1. The molecular formula is C32H32N2O7. The molecule has 1 amide bonds. The van der Waals surface area contributed by atoms with Gasteiger partial charge in [-0.25, -0.2) is 14.6 Å². The summed E-state index contributed by atoms with van der Waals surface area (Å²) in [6, 6.07) is 22.9. The lowest BCUT2D eigenvalue weighted by atomic mass is 10.0. The smallest absolute Gasteiger partial charge is 0.416 e. The van der Waals surface area contributed by atoms with Gasteiger partial charge in [-0.15, -0.1) is 0 Å². The van der Waals surface area contributed by atoms with Crippen LogP contribution in [0.2, 0.25) is 0 Å². The van der Waals surface area contributed by atoms with E-state index in [0.29, 0.717) is 49.0 Å². The number of methoxy groups -OCH3 is 2. The van der Waals surface area contributed by atoms with Gasteiger partial charge in [-0.3, -0.25) is 4.90 Å². The molecule has 1 aliphatic heterocycles. The number of esters is 1. The SMILES string of the molecule is COC(=O)[C@H]1CC[C@H](c2ccc(OCCc3nc(-c4ccccc4)oc3C)cc2)N1C(=O)Oc1ccc(OC)cc1. The summed E-state index contributed by atoms with van der Waals surface area (Å²) < 4.78 is 27.6. The lowest BCUT2D eigenvalue weighted by Gasteiger charge is -2.28. The van der Waals surface area contributed by atoms with Gasteiger partial charge in [0, 0.05) is 12.0 Å². The Balaban J connectivity index is 1.23. The minimum absolute atomic E-state index is 0.354. The highest BCUT2D eigenvalue weighted by Gasteiger charge is 2.43. The zero-order valence-corrected chi connectivity index (χ0v) is 23.2. The van der Waals surface area contributed by atoms with Crippen LogP contribution in [0.25, 0.3) is 11.5 Å². The van der Waals surface area contributed by atoms with Crippen LogP contribution in [-0.2, 0) is 16.0 Å². The minimum atomic E-state index is -0.738. The van der Waals surface area contributed by atoms with E-state index < -0.39 is 18.1 Å². The van der Waals surface area contributed by atoms with Crippen LogP contribution in [0.3, 0.4) is 0 Å². The Hall–Kier alpha value is -4.79. The average molecular weight is 557 g/mol. The molecule has 0 aliphatic carbocycles. The van der Waals surface area contributed by atoms with Crippen LogP contribution >= 0.6 is 0 Å². The predicted molar refractivity (Wildman–Crippen MR) is 151 cm³/mol. The van der Waals surface area contributed by atoms with E-state index in [0.717, 1.165) is 22.6 Å². The van der Waals surface area contributed by atoms with Crippen molar-refractivity contribution in [2.45, 2.75) is 38.3 Å². The fraction of sp³-hybridized carbons (Fsp3) is 0.281. The molecule has 41 heavy (non-hydrogen) atoms. The van der Waals surface area contributed by atoms with Crippen molar-refractivity contribution < 1.29 is 33.0 Å². The van der Waals surface area contributed by atoms with Crippen LogP contribution in [-0.4, -0.2) is 48.8 Å². The van der Waals surface area contributed by atoms with E-state index in [9.17, 15) is 9.59 Å². The quantitative estimate of drug-likeness (QED) is 0.226. The second-order valence-corrected chi connectivity index (χ2v) is 9.64. The number of hydrogen-bond acceptors (Lipinski definition) is 8. The van der Waals surface area contributed by atoms with Crippen molar-refractivity contribution in [2.24, 2.45) is 0 Å². The normalized spacial score (nSPS) is 16.3. The van der Waals surface area contributed by atoms with Crippen LogP contribution < -0.4 is 14.2 Å². The lowest BCUT2D eigenvalue weighted by molar-refractivity contribution is -0.145. The number of rotatable bonds is 9. The molecular weight excluding hydrogens is 524 g/mol. The maximum atomic E-state index is 13.3. The van der Waals surface area contributed by atoms with Crippen molar-refractivity contribution >= 4 is 12.1 Å². The molecule has 0 spiro atoms. The number of hydrogen-bond donors (Lipinski definition) is 0. The summed E-state index contributed by atoms with van der Waals surface area (Å²) in [5, 5.41) is 0. The molecule has 0 saturated carbocycles. The maximum Gasteiger partial charge on any atom is 0.416 e. The molecule has 1 saturated heterocycles. The van der Waals surface area contributed by atoms with Gasteiger partial charge in [0.25, 0.3) is 0 Å². The van der Waals surface area contributed by atoms with Crippen LogP contribution in [0.1, 0.15) is 35.9 Å². The summed E-state index contributed by atoms with van der Waals surface area (Å²) in [7, 11) is 2.88. The first-order valence-electron chi connectivity index (χ1n) is 13.4. The zero-order valence-electron chi connectivity index (χ0n) is 23.2. The van der Waals surface area contributed by atoms with Gasteiger partial charge in [0.15, 0.2) is 0 Å². The molecule has 1 aromatic heterocycles. The van der Waals surface area contributed by atoms with Crippen molar-refractivity contribution in [1.82, 2.24) is 9.88 Å². The summed E-state index contributed by atoms with van der Waals surface area (Å²) in [5.41, 5.74) is 2.66. The number of oxazole rings is 1. The third kappa shape index (κ3) is 6.35. The van der Waals surface area contributed by atoms with Crippen molar-refractivity contribution in [2.75, 3.05) is 20.8 Å². The molecule has 4 aromatic rings. The highest BCUT2D eigenvalue weighted by molar-refractivity contribution is 5.83. The molecule has 0 unspecified atom stereocenters. The summed E-state index contributed by atoms with van der Waals surface area (Å²) >= 11 is 0. The van der Waals surface area contributed by atoms with E-state index in [4.69, 9.17) is 23.4 Å². The summed E-state index contributed by atoms with van der Waals surface area (Å²) in [6.45, 7) is 2.33. The Kier molecular flexibility index (Phi) is 8.53. The largest absolute Gasteiger partial charge is 0.497 e. The van der Waals surface area contributed by atoms with Crippen molar-refractivity contribution in [3.63, 3.8) is 0 Å². The third-order valence-electron chi connectivity index (χ3n) is 7.12. The lowest BCUT2D eigenvalue weighted by Crippen LogP contribution is -2.43. The van der Waals surface area contributed by atoms with E-state index in [1.165, 1.54) is 12.0 Å². The third-order valence-corrected chi connectivity index (χ3v) is 7.12. The first-order chi connectivity index (χ1) is 20.0. The molecule has 5 rings (SSSR count). The standard InChI is InChI=1S/C32H32N2O7/c1-21-27(33-30(40-21)23-7-5-4-6-8-23)19-20-39-25-11-9-22(10-12-25)28-17-18-29(31(35)38-3)34(28)32(36)41-26-15-13-24(37-2)14-16-26/h4-16,28-29H,17-20H2,1-3H3/t28-,29-/m1/s1. The predicted octanol–water partition coefficient (Wildman–Crippen LogP) is 6.16. The molecule has 2 heterocycles. The first kappa shape index (κ1) is 27.8. The Morgan fingerprint density at radius 3 is 2.27 bits per heavy atom. The van der Waals surface area contributed by atoms with Crippen molar-refractivity contribution in [1.29, 1.82) is 0 Å². The molecule has 9 heteroatoms. The summed E-state index contributed by atoms with van der Waals surface area (Å²) in [5.74, 6) is 2.58. The van der Waals surface area contributed by atoms with E-state index in [-0.39, 0.29) is 6.04 Å². The van der Waals surface area contributed by atoms with Gasteiger partial charge in [0.1, 0.15) is 29.1 Å². The number of aryl methyl sites for hydroxylation is 1. The van der Waals surface area contributed by atoms with Crippen LogP contribution in [0, 0.1) is 6.92 Å². The van der Waals surface area contributed by atoms with E-state index >= 15 is 0 Å². The van der Waals surface area contributed by atoms with Gasteiger partial charge in [0.05, 0.1) is 32.6 Å². The van der Waals surface area contributed by atoms with Crippen LogP contribution in [0.4, 0.5) is 4.79 Å². The Morgan fingerprint density at radius 2 is 1.59 bits per heavy atom. The molecule has 0 N–H and O–H groups in total. The van der Waals surface area contributed by atoms with Gasteiger partial charge in [0.2, 0.25) is 5.89 Å². The Bertz CT molecular complexity index is 1470. The van der Waals surface area contributed by atoms with Crippen LogP contribution in [0.5, 0.6) is 17.2 Å². The van der Waals surface area contributed by atoms with Crippen LogP contribution in [0.15, 0.2) is 83.3 Å². The Labute approximate surface area is 238 Å². The molecule has 3 aromatic carbocycles. The topological polar surface area (TPSA) is 100 Å². The number of ether oxygens (including phenoxy) is 4. The zero-order chi connectivity index (χ0) is 28.8. The summed E-state index contributed by atoms with van der Waals surface area (Å²) in [4.78, 5) is 31.9. The molecule has 2 atom stereocenters. The van der Waals surface area contributed by atoms with Crippen molar-refractivity contribution in [3.8, 4) is 28.7 Å². The second kappa shape index (κ2) is 12.6. The molecule has 0 radical (unpaired) electrons. The monoisotopic (exact) mass is 556 g/mol. The number of carbonyl (C=O) groups excluding carboxylic acids is 2. The number of nitrogens with zero attached hydrogens (tertiary/aromatic N) is 2. The fourth-order valence-corrected chi connectivity index (χ4v) is 4.97. The summed E-state index contributed by atoms with van der Waals surface area (Å²) in [6.07, 6.45) is 1.03. The fourth-order valence-electron chi connectivity index (χ4n) is 4.97. The number of benzene rings is 3. The molecule has 1 aliphatic rings. The van der Waals surface area contributed by atoms with Gasteiger partial charge in [-0.2, -0.15) is 0 Å². The number of likely N-dealkylation sites (tertiary alicyclic amines) is 1. The highest BCUT2D eigenvalue weighted by atomic mass is 16.6. The molecule has 9 nitrogen and oxygen atoms in total. The van der Waals surface area contributed by atoms with Gasteiger partial charge < -0.3 is 23.4 Å². The number of aromatic nitrogens is 1. The molecule has 212 valence electrons. The number of carbonyl (C=O) groups is 2. The second-order valence-electron chi connectivity index (χ2n) is 9.64. The first-order valence-corrected chi connectivity index (χ1v) is 13.4. The van der Waals surface area contributed by atoms with E-state index in [1.807, 2.05) is 61.5 Å². The van der Waals surface area contributed by atoms with Crippen molar-refractivity contribution in [3.05, 3.63) is 95.9 Å². The maximum absolute atomic E-state index is 13.3. The van der Waals surface area contributed by atoms with E-state index in [1.54, 1.807) is 31.4 Å².